The summed E-state index contributed by atoms with van der Waals surface area (Å²) in [5, 5.41) is 12.1. The molecular formula is C15H20N2O3S. The number of hydrogen-bond acceptors (Lipinski definition) is 5. The van der Waals surface area contributed by atoms with Crippen LogP contribution < -0.4 is 5.32 Å². The number of sulfone groups is 1. The van der Waals surface area contributed by atoms with Gasteiger partial charge in [0.2, 0.25) is 0 Å². The molecule has 2 atom stereocenters. The van der Waals surface area contributed by atoms with Crippen LogP contribution in [-0.2, 0) is 14.6 Å². The maximum Gasteiger partial charge on any atom is 0.179 e. The third-order valence-electron chi connectivity index (χ3n) is 3.84. The fourth-order valence-corrected chi connectivity index (χ4v) is 3.83. The van der Waals surface area contributed by atoms with Crippen LogP contribution in [0.5, 0.6) is 0 Å². The van der Waals surface area contributed by atoms with Crippen molar-refractivity contribution in [1.29, 1.82) is 5.26 Å². The standard InChI is InChI=1S/C15H20N2O3S/c1-20-14-6-5-13(10-14)17-7-8-21(18,19)15-4-2-3-12(9-15)11-16/h2-4,9,13-14,17H,5-8,10H2,1H3. The number of nitriles is 1. The Bertz CT molecular complexity index is 622. The van der Waals surface area contributed by atoms with Gasteiger partial charge in [0.25, 0.3) is 0 Å². The zero-order valence-electron chi connectivity index (χ0n) is 12.1. The van der Waals surface area contributed by atoms with Gasteiger partial charge < -0.3 is 10.1 Å². The van der Waals surface area contributed by atoms with Gasteiger partial charge in [-0.2, -0.15) is 5.26 Å². The fraction of sp³-hybridized carbons (Fsp3) is 0.533. The first-order valence-corrected chi connectivity index (χ1v) is 8.69. The van der Waals surface area contributed by atoms with Crippen molar-refractivity contribution in [1.82, 2.24) is 5.32 Å². The second-order valence-electron chi connectivity index (χ2n) is 5.28. The molecule has 1 fully saturated rings. The molecule has 1 aromatic carbocycles. The van der Waals surface area contributed by atoms with Gasteiger partial charge in [-0.1, -0.05) is 6.07 Å². The molecule has 1 aliphatic rings. The van der Waals surface area contributed by atoms with E-state index in [0.29, 0.717) is 18.2 Å². The lowest BCUT2D eigenvalue weighted by Crippen LogP contribution is -2.31. The van der Waals surface area contributed by atoms with Gasteiger partial charge in [0, 0.05) is 19.7 Å². The van der Waals surface area contributed by atoms with E-state index in [9.17, 15) is 8.42 Å². The minimum absolute atomic E-state index is 0.0377. The van der Waals surface area contributed by atoms with Crippen molar-refractivity contribution in [2.75, 3.05) is 19.4 Å². The fourth-order valence-electron chi connectivity index (χ4n) is 2.61. The summed E-state index contributed by atoms with van der Waals surface area (Å²) in [6.45, 7) is 0.417. The van der Waals surface area contributed by atoms with Gasteiger partial charge in [-0.3, -0.25) is 0 Å². The summed E-state index contributed by atoms with van der Waals surface area (Å²) < 4.78 is 29.7. The molecule has 0 amide bonds. The SMILES string of the molecule is COC1CCC(NCCS(=O)(=O)c2cccc(C#N)c2)C1. The van der Waals surface area contributed by atoms with Gasteiger partial charge in [0.05, 0.1) is 28.4 Å². The molecule has 0 saturated heterocycles. The van der Waals surface area contributed by atoms with Crippen molar-refractivity contribution < 1.29 is 13.2 Å². The van der Waals surface area contributed by atoms with Crippen molar-refractivity contribution in [3.63, 3.8) is 0 Å². The van der Waals surface area contributed by atoms with E-state index in [2.05, 4.69) is 5.32 Å². The van der Waals surface area contributed by atoms with Crippen LogP contribution in [0.4, 0.5) is 0 Å². The molecular weight excluding hydrogens is 288 g/mol. The number of nitrogens with one attached hydrogen (secondary N) is 1. The number of rotatable bonds is 6. The molecule has 1 saturated carbocycles. The maximum atomic E-state index is 12.2. The predicted molar refractivity (Wildman–Crippen MR) is 79.6 cm³/mol. The van der Waals surface area contributed by atoms with Gasteiger partial charge in [-0.25, -0.2) is 8.42 Å². The van der Waals surface area contributed by atoms with Crippen LogP contribution >= 0.6 is 0 Å². The number of methoxy groups -OCH3 is 1. The van der Waals surface area contributed by atoms with Crippen molar-refractivity contribution in [2.24, 2.45) is 0 Å². The van der Waals surface area contributed by atoms with Gasteiger partial charge in [-0.15, -0.1) is 0 Å². The van der Waals surface area contributed by atoms with Gasteiger partial charge in [0.15, 0.2) is 9.84 Å². The summed E-state index contributed by atoms with van der Waals surface area (Å²) in [6, 6.07) is 8.44. The van der Waals surface area contributed by atoms with E-state index in [-0.39, 0.29) is 16.8 Å². The molecule has 0 radical (unpaired) electrons. The summed E-state index contributed by atoms with van der Waals surface area (Å²) in [5.74, 6) is 0.0377. The average Bonchev–Trinajstić information content (AvgIpc) is 2.95. The first-order valence-electron chi connectivity index (χ1n) is 7.04. The Morgan fingerprint density at radius 2 is 2.24 bits per heavy atom. The third kappa shape index (κ3) is 4.27. The Morgan fingerprint density at radius 3 is 2.90 bits per heavy atom. The smallest absolute Gasteiger partial charge is 0.179 e. The van der Waals surface area contributed by atoms with E-state index in [0.717, 1.165) is 19.3 Å². The van der Waals surface area contributed by atoms with Crippen molar-refractivity contribution in [3.05, 3.63) is 29.8 Å². The minimum atomic E-state index is -3.35. The Kier molecular flexibility index (Phi) is 5.34. The highest BCUT2D eigenvalue weighted by Gasteiger charge is 2.24. The Morgan fingerprint density at radius 1 is 1.43 bits per heavy atom. The van der Waals surface area contributed by atoms with Crippen LogP contribution in [0.25, 0.3) is 0 Å². The van der Waals surface area contributed by atoms with Crippen LogP contribution in [0.1, 0.15) is 24.8 Å². The van der Waals surface area contributed by atoms with Crippen molar-refractivity contribution in [2.45, 2.75) is 36.3 Å². The second-order valence-corrected chi connectivity index (χ2v) is 7.39. The molecule has 114 valence electrons. The normalized spacial score (nSPS) is 22.1. The topological polar surface area (TPSA) is 79.2 Å². The predicted octanol–water partition coefficient (Wildman–Crippen LogP) is 1.49. The highest BCUT2D eigenvalue weighted by Crippen LogP contribution is 2.21. The minimum Gasteiger partial charge on any atom is -0.381 e. The molecule has 6 heteroatoms. The number of hydrogen-bond donors (Lipinski definition) is 1. The quantitative estimate of drug-likeness (QED) is 0.861. The van der Waals surface area contributed by atoms with Crippen LogP contribution in [0.3, 0.4) is 0 Å². The van der Waals surface area contributed by atoms with Gasteiger partial charge >= 0.3 is 0 Å². The van der Waals surface area contributed by atoms with Gasteiger partial charge in [0.1, 0.15) is 0 Å². The third-order valence-corrected chi connectivity index (χ3v) is 5.56. The molecule has 1 aromatic rings. The lowest BCUT2D eigenvalue weighted by molar-refractivity contribution is 0.107. The average molecular weight is 308 g/mol. The zero-order chi connectivity index (χ0) is 15.3. The monoisotopic (exact) mass is 308 g/mol. The molecule has 0 bridgehead atoms. The summed E-state index contributed by atoms with van der Waals surface area (Å²) in [6.07, 6.45) is 3.25. The summed E-state index contributed by atoms with van der Waals surface area (Å²) in [4.78, 5) is 0.213. The summed E-state index contributed by atoms with van der Waals surface area (Å²) >= 11 is 0. The molecule has 5 nitrogen and oxygen atoms in total. The zero-order valence-corrected chi connectivity index (χ0v) is 12.9. The van der Waals surface area contributed by atoms with E-state index in [1.807, 2.05) is 6.07 Å². The number of nitrogens with zero attached hydrogens (tertiary/aromatic N) is 1. The molecule has 0 aliphatic heterocycles. The first kappa shape index (κ1) is 16.0. The van der Waals surface area contributed by atoms with Crippen molar-refractivity contribution in [3.8, 4) is 6.07 Å². The maximum absolute atomic E-state index is 12.2. The lowest BCUT2D eigenvalue weighted by Gasteiger charge is -2.13. The number of ether oxygens (including phenoxy) is 1. The van der Waals surface area contributed by atoms with E-state index in [1.54, 1.807) is 19.2 Å². The molecule has 0 spiro atoms. The van der Waals surface area contributed by atoms with E-state index in [4.69, 9.17) is 10.00 Å². The lowest BCUT2D eigenvalue weighted by atomic mass is 10.2. The van der Waals surface area contributed by atoms with Crippen molar-refractivity contribution >= 4 is 9.84 Å². The highest BCUT2D eigenvalue weighted by molar-refractivity contribution is 7.91. The Hall–Kier alpha value is -1.42. The first-order chi connectivity index (χ1) is 10.0. The Balaban J connectivity index is 1.88. The number of benzene rings is 1. The van der Waals surface area contributed by atoms with E-state index in [1.165, 1.54) is 12.1 Å². The second kappa shape index (κ2) is 7.03. The molecule has 2 rings (SSSR count). The molecule has 21 heavy (non-hydrogen) atoms. The Labute approximate surface area is 125 Å². The van der Waals surface area contributed by atoms with Gasteiger partial charge in [-0.05, 0) is 37.5 Å². The molecule has 1 aliphatic carbocycles. The van der Waals surface area contributed by atoms with Crippen LogP contribution in [-0.4, -0.2) is 40.0 Å². The summed E-state index contributed by atoms with van der Waals surface area (Å²) in [5.41, 5.74) is 0.364. The van der Waals surface area contributed by atoms with E-state index >= 15 is 0 Å². The largest absolute Gasteiger partial charge is 0.381 e. The van der Waals surface area contributed by atoms with E-state index < -0.39 is 9.84 Å². The summed E-state index contributed by atoms with van der Waals surface area (Å²) in [7, 11) is -1.64. The molecule has 1 N–H and O–H groups in total. The van der Waals surface area contributed by atoms with Crippen LogP contribution in [0.15, 0.2) is 29.2 Å². The molecule has 0 aromatic heterocycles. The van der Waals surface area contributed by atoms with Crippen LogP contribution in [0.2, 0.25) is 0 Å². The molecule has 0 heterocycles. The van der Waals surface area contributed by atoms with Crippen LogP contribution in [0, 0.1) is 11.3 Å². The molecule has 2 unspecified atom stereocenters. The highest BCUT2D eigenvalue weighted by atomic mass is 32.2.